The summed E-state index contributed by atoms with van der Waals surface area (Å²) in [5.74, 6) is 0.885. The lowest BCUT2D eigenvalue weighted by molar-refractivity contribution is -0.132. The molecule has 0 unspecified atom stereocenters. The average molecular weight is 321 g/mol. The quantitative estimate of drug-likeness (QED) is 0.702. The van der Waals surface area contributed by atoms with Gasteiger partial charge in [0.05, 0.1) is 13.2 Å². The van der Waals surface area contributed by atoms with E-state index in [1.165, 1.54) is 12.8 Å². The standard InChI is InChI=1S/C17H27N3O3/c1-3-22-10-11-23-14(2)17(21)19-13-15-6-7-18-16(12-15)20-8-4-5-9-20/h6-7,12,14H,3-5,8-11,13H2,1-2H3,(H,19,21)/t14-/m1/s1. The Hall–Kier alpha value is -1.66. The molecule has 0 aromatic carbocycles. The average Bonchev–Trinajstić information content (AvgIpc) is 3.11. The van der Waals surface area contributed by atoms with Gasteiger partial charge in [0.1, 0.15) is 11.9 Å². The van der Waals surface area contributed by atoms with Crippen LogP contribution in [0.3, 0.4) is 0 Å². The summed E-state index contributed by atoms with van der Waals surface area (Å²) in [5.41, 5.74) is 1.05. The van der Waals surface area contributed by atoms with Gasteiger partial charge in [0, 0.05) is 32.4 Å². The molecule has 1 N–H and O–H groups in total. The van der Waals surface area contributed by atoms with Crippen LogP contribution in [-0.2, 0) is 20.8 Å². The molecule has 2 heterocycles. The molecule has 1 atom stereocenters. The van der Waals surface area contributed by atoms with E-state index in [1.807, 2.05) is 19.1 Å². The lowest BCUT2D eigenvalue weighted by atomic mass is 10.2. The van der Waals surface area contributed by atoms with E-state index >= 15 is 0 Å². The zero-order chi connectivity index (χ0) is 16.5. The van der Waals surface area contributed by atoms with Gasteiger partial charge in [0.15, 0.2) is 0 Å². The predicted molar refractivity (Wildman–Crippen MR) is 89.4 cm³/mol. The minimum atomic E-state index is -0.477. The van der Waals surface area contributed by atoms with Crippen molar-refractivity contribution in [1.82, 2.24) is 10.3 Å². The van der Waals surface area contributed by atoms with Crippen LogP contribution in [0, 0.1) is 0 Å². The summed E-state index contributed by atoms with van der Waals surface area (Å²) in [5, 5.41) is 2.91. The zero-order valence-corrected chi connectivity index (χ0v) is 14.1. The van der Waals surface area contributed by atoms with Crippen molar-refractivity contribution in [2.24, 2.45) is 0 Å². The number of aromatic nitrogens is 1. The van der Waals surface area contributed by atoms with E-state index in [1.54, 1.807) is 13.1 Å². The first-order chi connectivity index (χ1) is 11.2. The monoisotopic (exact) mass is 321 g/mol. The van der Waals surface area contributed by atoms with Gasteiger partial charge in [-0.2, -0.15) is 0 Å². The molecule has 1 aliphatic heterocycles. The van der Waals surface area contributed by atoms with Gasteiger partial charge in [-0.25, -0.2) is 4.98 Å². The van der Waals surface area contributed by atoms with Gasteiger partial charge in [-0.05, 0) is 44.4 Å². The summed E-state index contributed by atoms with van der Waals surface area (Å²) in [6.07, 6.45) is 3.77. The zero-order valence-electron chi connectivity index (χ0n) is 14.1. The molecule has 0 bridgehead atoms. The van der Waals surface area contributed by atoms with E-state index in [4.69, 9.17) is 9.47 Å². The Labute approximate surface area is 138 Å². The van der Waals surface area contributed by atoms with E-state index in [9.17, 15) is 4.79 Å². The fourth-order valence-corrected chi connectivity index (χ4v) is 2.53. The first-order valence-corrected chi connectivity index (χ1v) is 8.37. The largest absolute Gasteiger partial charge is 0.379 e. The number of carbonyl (C=O) groups is 1. The van der Waals surface area contributed by atoms with Crippen molar-refractivity contribution in [3.05, 3.63) is 23.9 Å². The summed E-state index contributed by atoms with van der Waals surface area (Å²) in [7, 11) is 0. The Kier molecular flexibility index (Phi) is 7.29. The van der Waals surface area contributed by atoms with E-state index in [-0.39, 0.29) is 5.91 Å². The Morgan fingerprint density at radius 2 is 2.17 bits per heavy atom. The summed E-state index contributed by atoms with van der Waals surface area (Å²) in [6, 6.07) is 3.98. The molecule has 0 saturated carbocycles. The molecule has 6 heteroatoms. The minimum absolute atomic E-state index is 0.110. The number of rotatable bonds is 9. The highest BCUT2D eigenvalue weighted by Gasteiger charge is 2.15. The van der Waals surface area contributed by atoms with Crippen LogP contribution in [-0.4, -0.2) is 49.9 Å². The molecular weight excluding hydrogens is 294 g/mol. The molecule has 0 aliphatic carbocycles. The first kappa shape index (κ1) is 17.7. The van der Waals surface area contributed by atoms with E-state index in [0.29, 0.717) is 26.4 Å². The third kappa shape index (κ3) is 5.80. The maximum absolute atomic E-state index is 12.0. The van der Waals surface area contributed by atoms with Crippen molar-refractivity contribution in [2.75, 3.05) is 37.8 Å². The van der Waals surface area contributed by atoms with Crippen molar-refractivity contribution in [3.8, 4) is 0 Å². The first-order valence-electron chi connectivity index (χ1n) is 8.37. The third-order valence-electron chi connectivity index (χ3n) is 3.88. The van der Waals surface area contributed by atoms with Gasteiger partial charge < -0.3 is 19.7 Å². The second kappa shape index (κ2) is 9.47. The minimum Gasteiger partial charge on any atom is -0.379 e. The van der Waals surface area contributed by atoms with Crippen LogP contribution in [0.5, 0.6) is 0 Å². The van der Waals surface area contributed by atoms with Crippen molar-refractivity contribution >= 4 is 11.7 Å². The van der Waals surface area contributed by atoms with Crippen LogP contribution in [0.4, 0.5) is 5.82 Å². The summed E-state index contributed by atoms with van der Waals surface area (Å²) >= 11 is 0. The number of nitrogens with one attached hydrogen (secondary N) is 1. The lowest BCUT2D eigenvalue weighted by Gasteiger charge is -2.17. The van der Waals surface area contributed by atoms with Crippen molar-refractivity contribution in [2.45, 2.75) is 39.3 Å². The van der Waals surface area contributed by atoms with Gasteiger partial charge in [0.2, 0.25) is 5.91 Å². The molecule has 23 heavy (non-hydrogen) atoms. The summed E-state index contributed by atoms with van der Waals surface area (Å²) in [6.45, 7) is 7.90. The molecule has 0 radical (unpaired) electrons. The molecule has 1 saturated heterocycles. The number of ether oxygens (including phenoxy) is 2. The molecule has 128 valence electrons. The highest BCUT2D eigenvalue weighted by Crippen LogP contribution is 2.18. The van der Waals surface area contributed by atoms with Crippen LogP contribution < -0.4 is 10.2 Å². The van der Waals surface area contributed by atoms with E-state index in [0.717, 1.165) is 24.5 Å². The second-order valence-electron chi connectivity index (χ2n) is 5.64. The van der Waals surface area contributed by atoms with Crippen LogP contribution >= 0.6 is 0 Å². The van der Waals surface area contributed by atoms with Crippen LogP contribution in [0.25, 0.3) is 0 Å². The smallest absolute Gasteiger partial charge is 0.249 e. The predicted octanol–water partition coefficient (Wildman–Crippen LogP) is 1.74. The number of anilines is 1. The number of nitrogens with zero attached hydrogens (tertiary/aromatic N) is 2. The maximum atomic E-state index is 12.0. The van der Waals surface area contributed by atoms with Crippen molar-refractivity contribution in [1.29, 1.82) is 0 Å². The number of pyridine rings is 1. The Balaban J connectivity index is 1.76. The van der Waals surface area contributed by atoms with Crippen LogP contribution in [0.15, 0.2) is 18.3 Å². The molecular formula is C17H27N3O3. The van der Waals surface area contributed by atoms with Gasteiger partial charge in [-0.3, -0.25) is 4.79 Å². The van der Waals surface area contributed by atoms with Gasteiger partial charge in [0.25, 0.3) is 0 Å². The Morgan fingerprint density at radius 1 is 1.39 bits per heavy atom. The Morgan fingerprint density at radius 3 is 2.91 bits per heavy atom. The molecule has 1 aromatic rings. The molecule has 1 aromatic heterocycles. The highest BCUT2D eigenvalue weighted by molar-refractivity contribution is 5.80. The molecule has 2 rings (SSSR count). The third-order valence-corrected chi connectivity index (χ3v) is 3.88. The highest BCUT2D eigenvalue weighted by atomic mass is 16.5. The Bertz CT molecular complexity index is 490. The van der Waals surface area contributed by atoms with Crippen molar-refractivity contribution < 1.29 is 14.3 Å². The normalized spacial score (nSPS) is 15.7. The molecule has 1 aliphatic rings. The second-order valence-corrected chi connectivity index (χ2v) is 5.64. The molecule has 0 spiro atoms. The molecule has 1 fully saturated rings. The van der Waals surface area contributed by atoms with Crippen LogP contribution in [0.1, 0.15) is 32.3 Å². The number of hydrogen-bond acceptors (Lipinski definition) is 5. The fraction of sp³-hybridized carbons (Fsp3) is 0.647. The maximum Gasteiger partial charge on any atom is 0.249 e. The molecule has 6 nitrogen and oxygen atoms in total. The van der Waals surface area contributed by atoms with E-state index < -0.39 is 6.10 Å². The van der Waals surface area contributed by atoms with Gasteiger partial charge in [-0.15, -0.1) is 0 Å². The fourth-order valence-electron chi connectivity index (χ4n) is 2.53. The number of hydrogen-bond donors (Lipinski definition) is 1. The van der Waals surface area contributed by atoms with E-state index in [2.05, 4.69) is 15.2 Å². The number of amides is 1. The molecule has 1 amide bonds. The lowest BCUT2D eigenvalue weighted by Crippen LogP contribution is -2.34. The van der Waals surface area contributed by atoms with Gasteiger partial charge >= 0.3 is 0 Å². The van der Waals surface area contributed by atoms with Crippen LogP contribution in [0.2, 0.25) is 0 Å². The summed E-state index contributed by atoms with van der Waals surface area (Å²) in [4.78, 5) is 18.7. The van der Waals surface area contributed by atoms with Crippen molar-refractivity contribution in [3.63, 3.8) is 0 Å². The van der Waals surface area contributed by atoms with Gasteiger partial charge in [-0.1, -0.05) is 0 Å². The summed E-state index contributed by atoms with van der Waals surface area (Å²) < 4.78 is 10.6. The number of carbonyl (C=O) groups excluding carboxylic acids is 1. The SMILES string of the molecule is CCOCCO[C@H](C)C(=O)NCc1ccnc(N2CCCC2)c1. The topological polar surface area (TPSA) is 63.7 Å².